The molecule has 0 bridgehead atoms. The Morgan fingerprint density at radius 3 is 2.85 bits per heavy atom. The van der Waals surface area contributed by atoms with Gasteiger partial charge in [-0.05, 0) is 6.42 Å². The van der Waals surface area contributed by atoms with Crippen molar-refractivity contribution in [1.29, 1.82) is 5.26 Å². The fourth-order valence-corrected chi connectivity index (χ4v) is 1.71. The zero-order valence-corrected chi connectivity index (χ0v) is 8.54. The topological polar surface area (TPSA) is 52.9 Å². The molecule has 0 aromatic carbocycles. The van der Waals surface area contributed by atoms with Gasteiger partial charge in [0.05, 0.1) is 6.07 Å². The van der Waals surface area contributed by atoms with E-state index in [1.165, 1.54) is 0 Å². The summed E-state index contributed by atoms with van der Waals surface area (Å²) in [7, 11) is 0. The van der Waals surface area contributed by atoms with Crippen LogP contribution in [0.15, 0.2) is 10.7 Å². The third-order valence-electron chi connectivity index (χ3n) is 1.88. The number of hydrogen-bond donors (Lipinski definition) is 1. The van der Waals surface area contributed by atoms with E-state index < -0.39 is 10.8 Å². The first-order valence-corrected chi connectivity index (χ1v) is 4.58. The lowest BCUT2D eigenvalue weighted by Gasteiger charge is -2.25. The monoisotopic (exact) mass is 218 g/mol. The predicted molar refractivity (Wildman–Crippen MR) is 50.1 cm³/mol. The van der Waals surface area contributed by atoms with E-state index in [1.54, 1.807) is 6.07 Å². The summed E-state index contributed by atoms with van der Waals surface area (Å²) in [5.41, 5.74) is 0.651. The second-order valence-corrected chi connectivity index (χ2v) is 3.88. The number of carbonyl (C=O) groups excluding carboxylic acids is 1. The van der Waals surface area contributed by atoms with Crippen LogP contribution in [0, 0.1) is 11.3 Å². The van der Waals surface area contributed by atoms with Crippen molar-refractivity contribution in [2.24, 2.45) is 0 Å². The number of rotatable bonds is 1. The van der Waals surface area contributed by atoms with Gasteiger partial charge >= 0.3 is 0 Å². The predicted octanol–water partition coefficient (Wildman–Crippen LogP) is 1.87. The molecule has 1 amide bonds. The fourth-order valence-electron chi connectivity index (χ4n) is 1.08. The smallest absolute Gasteiger partial charge is 0.260 e. The van der Waals surface area contributed by atoms with Gasteiger partial charge in [-0.3, -0.25) is 4.79 Å². The summed E-state index contributed by atoms with van der Waals surface area (Å²) in [6, 6.07) is 1.74. The number of nitriles is 1. The summed E-state index contributed by atoms with van der Waals surface area (Å²) in [5.74, 6) is -0.488. The summed E-state index contributed by atoms with van der Waals surface area (Å²) in [6.45, 7) is 1.87. The van der Waals surface area contributed by atoms with Crippen LogP contribution in [0.4, 0.5) is 0 Å². The molecule has 0 aromatic rings. The van der Waals surface area contributed by atoms with E-state index in [4.69, 9.17) is 28.5 Å². The number of carbonyl (C=O) groups is 1. The zero-order chi connectivity index (χ0) is 10.1. The molecular formula is C8H8Cl2N2O. The lowest BCUT2D eigenvalue weighted by Crippen LogP contribution is -2.44. The molecule has 3 nitrogen and oxygen atoms in total. The highest BCUT2D eigenvalue weighted by Gasteiger charge is 2.41. The van der Waals surface area contributed by atoms with Crippen LogP contribution in [-0.2, 0) is 4.79 Å². The van der Waals surface area contributed by atoms with Crippen LogP contribution in [0.1, 0.15) is 19.8 Å². The first-order chi connectivity index (χ1) is 6.03. The molecule has 1 atom stereocenters. The summed E-state index contributed by atoms with van der Waals surface area (Å²) in [6.07, 6.45) is 0.713. The highest BCUT2D eigenvalue weighted by Crippen LogP contribution is 2.32. The van der Waals surface area contributed by atoms with Crippen LogP contribution in [-0.4, -0.2) is 10.8 Å². The number of nitrogens with zero attached hydrogens (tertiary/aromatic N) is 1. The first-order valence-electron chi connectivity index (χ1n) is 3.82. The van der Waals surface area contributed by atoms with E-state index in [0.29, 0.717) is 17.2 Å². The maximum absolute atomic E-state index is 11.3. The van der Waals surface area contributed by atoms with Crippen molar-refractivity contribution < 1.29 is 4.79 Å². The Kier molecular flexibility index (Phi) is 2.84. The van der Waals surface area contributed by atoms with E-state index in [0.717, 1.165) is 0 Å². The number of allylic oxidation sites excluding steroid dienone is 2. The SMILES string of the molecule is CCC1=C(Cl)CC(Cl)(C#N)C(=O)N1. The molecule has 0 saturated heterocycles. The van der Waals surface area contributed by atoms with Gasteiger partial charge in [-0.2, -0.15) is 5.26 Å². The molecule has 0 aliphatic carbocycles. The average Bonchev–Trinajstić information content (AvgIpc) is 2.11. The molecule has 0 saturated carbocycles. The minimum Gasteiger partial charge on any atom is -0.326 e. The van der Waals surface area contributed by atoms with Gasteiger partial charge in [-0.1, -0.05) is 30.1 Å². The number of amides is 1. The van der Waals surface area contributed by atoms with Gasteiger partial charge in [-0.25, -0.2) is 0 Å². The summed E-state index contributed by atoms with van der Waals surface area (Å²) in [5, 5.41) is 11.6. The molecule has 1 rings (SSSR count). The lowest BCUT2D eigenvalue weighted by atomic mass is 10.00. The number of alkyl halides is 1. The van der Waals surface area contributed by atoms with Crippen LogP contribution < -0.4 is 5.32 Å². The molecule has 0 spiro atoms. The van der Waals surface area contributed by atoms with Crippen molar-refractivity contribution in [2.45, 2.75) is 24.6 Å². The van der Waals surface area contributed by atoms with Crippen LogP contribution in [0.5, 0.6) is 0 Å². The minimum absolute atomic E-state index is 0.0849. The van der Waals surface area contributed by atoms with E-state index in [9.17, 15) is 4.79 Å². The van der Waals surface area contributed by atoms with E-state index >= 15 is 0 Å². The molecule has 0 radical (unpaired) electrons. The highest BCUT2D eigenvalue weighted by molar-refractivity contribution is 6.40. The normalized spacial score (nSPS) is 28.3. The Hall–Kier alpha value is -0.720. The van der Waals surface area contributed by atoms with Gasteiger partial charge in [-0.15, -0.1) is 0 Å². The van der Waals surface area contributed by atoms with E-state index in [2.05, 4.69) is 5.32 Å². The molecule has 0 aromatic heterocycles. The molecule has 70 valence electrons. The molecule has 1 heterocycles. The standard InChI is InChI=1S/C8H8Cl2N2O/c1-2-6-5(9)3-8(10,4-11)7(13)12-6/h2-3H2,1H3,(H,12,13). The molecule has 0 fully saturated rings. The van der Waals surface area contributed by atoms with Crippen molar-refractivity contribution in [3.05, 3.63) is 10.7 Å². The van der Waals surface area contributed by atoms with Gasteiger partial charge in [0.15, 0.2) is 0 Å². The van der Waals surface area contributed by atoms with E-state index in [-0.39, 0.29) is 6.42 Å². The van der Waals surface area contributed by atoms with Crippen LogP contribution in [0.25, 0.3) is 0 Å². The molecule has 13 heavy (non-hydrogen) atoms. The van der Waals surface area contributed by atoms with Crippen molar-refractivity contribution in [2.75, 3.05) is 0 Å². The molecule has 1 unspecified atom stereocenters. The summed E-state index contributed by atoms with van der Waals surface area (Å²) < 4.78 is 0. The van der Waals surface area contributed by atoms with Gasteiger partial charge in [0.25, 0.3) is 5.91 Å². The molecule has 1 N–H and O–H groups in total. The zero-order valence-electron chi connectivity index (χ0n) is 7.03. The Morgan fingerprint density at radius 2 is 2.38 bits per heavy atom. The molecular weight excluding hydrogens is 211 g/mol. The van der Waals surface area contributed by atoms with Gasteiger partial charge < -0.3 is 5.32 Å². The second kappa shape index (κ2) is 3.57. The van der Waals surface area contributed by atoms with Crippen molar-refractivity contribution in [3.8, 4) is 6.07 Å². The Labute approximate surface area is 86.3 Å². The van der Waals surface area contributed by atoms with Crippen molar-refractivity contribution in [3.63, 3.8) is 0 Å². The summed E-state index contributed by atoms with van der Waals surface area (Å²) in [4.78, 5) is 9.77. The van der Waals surface area contributed by atoms with Gasteiger partial charge in [0.2, 0.25) is 4.87 Å². The van der Waals surface area contributed by atoms with Gasteiger partial charge in [0.1, 0.15) is 0 Å². The summed E-state index contributed by atoms with van der Waals surface area (Å²) >= 11 is 11.6. The third-order valence-corrected chi connectivity index (χ3v) is 2.63. The van der Waals surface area contributed by atoms with E-state index in [1.807, 2.05) is 6.92 Å². The number of hydrogen-bond acceptors (Lipinski definition) is 2. The average molecular weight is 219 g/mol. The molecule has 1 aliphatic rings. The second-order valence-electron chi connectivity index (χ2n) is 2.78. The van der Waals surface area contributed by atoms with Crippen LogP contribution >= 0.6 is 23.2 Å². The van der Waals surface area contributed by atoms with Crippen molar-refractivity contribution >= 4 is 29.1 Å². The largest absolute Gasteiger partial charge is 0.326 e. The Bertz CT molecular complexity index is 319. The van der Waals surface area contributed by atoms with Gasteiger partial charge in [0, 0.05) is 17.2 Å². The first kappa shape index (κ1) is 10.4. The molecule has 5 heteroatoms. The van der Waals surface area contributed by atoms with Crippen molar-refractivity contribution in [1.82, 2.24) is 5.32 Å². The van der Waals surface area contributed by atoms with Crippen LogP contribution in [0.2, 0.25) is 0 Å². The maximum atomic E-state index is 11.3. The Morgan fingerprint density at radius 1 is 1.77 bits per heavy atom. The minimum atomic E-state index is -1.53. The number of halogens is 2. The lowest BCUT2D eigenvalue weighted by molar-refractivity contribution is -0.122. The Balaban J connectivity index is 3.01. The maximum Gasteiger partial charge on any atom is 0.260 e. The highest BCUT2D eigenvalue weighted by atomic mass is 35.5. The number of nitrogens with one attached hydrogen (secondary N) is 1. The fraction of sp³-hybridized carbons (Fsp3) is 0.500. The third kappa shape index (κ3) is 1.79. The quantitative estimate of drug-likeness (QED) is 0.684. The van der Waals surface area contributed by atoms with Crippen LogP contribution in [0.3, 0.4) is 0 Å². The molecule has 1 aliphatic heterocycles.